The molecule has 6 nitrogen and oxygen atoms in total. The highest BCUT2D eigenvalue weighted by molar-refractivity contribution is 5.75. The average Bonchev–Trinajstić information content (AvgIpc) is 2.96. The summed E-state index contributed by atoms with van der Waals surface area (Å²) in [5.41, 5.74) is 6.97. The number of nitrogens with zero attached hydrogens (tertiary/aromatic N) is 2. The van der Waals surface area contributed by atoms with Crippen LogP contribution >= 0.6 is 0 Å². The minimum Gasteiger partial charge on any atom is -0.463 e. The smallest absolute Gasteiger partial charge is 0.290 e. The van der Waals surface area contributed by atoms with Gasteiger partial charge in [0.05, 0.1) is 12.0 Å². The van der Waals surface area contributed by atoms with E-state index in [1.54, 1.807) is 36.7 Å². The number of nitrogen functional groups attached to an aromatic ring is 1. The summed E-state index contributed by atoms with van der Waals surface area (Å²) in [6, 6.07) is 7.05. The van der Waals surface area contributed by atoms with Gasteiger partial charge in [-0.25, -0.2) is 4.98 Å². The lowest BCUT2D eigenvalue weighted by atomic mass is 10.1. The van der Waals surface area contributed by atoms with Crippen LogP contribution in [0.3, 0.4) is 0 Å². The van der Waals surface area contributed by atoms with Crippen LogP contribution < -0.4 is 11.3 Å². The molecule has 94 valence electrons. The van der Waals surface area contributed by atoms with E-state index in [-0.39, 0.29) is 5.82 Å². The lowest BCUT2D eigenvalue weighted by Crippen LogP contribution is -2.15. The predicted octanol–water partition coefficient (Wildman–Crippen LogP) is 1.67. The van der Waals surface area contributed by atoms with Crippen molar-refractivity contribution in [2.45, 2.75) is 0 Å². The van der Waals surface area contributed by atoms with E-state index in [4.69, 9.17) is 10.2 Å². The molecule has 3 rings (SSSR count). The van der Waals surface area contributed by atoms with Crippen molar-refractivity contribution in [1.29, 1.82) is 0 Å². The van der Waals surface area contributed by atoms with Gasteiger partial charge >= 0.3 is 0 Å². The first-order chi connectivity index (χ1) is 9.25. The summed E-state index contributed by atoms with van der Waals surface area (Å²) in [5.74, 6) is 0.443. The Morgan fingerprint density at radius 3 is 2.68 bits per heavy atom. The zero-order valence-corrected chi connectivity index (χ0v) is 9.83. The van der Waals surface area contributed by atoms with Crippen molar-refractivity contribution in [2.75, 3.05) is 5.73 Å². The summed E-state index contributed by atoms with van der Waals surface area (Å²) in [6.45, 7) is 0. The second-order valence-electron chi connectivity index (χ2n) is 3.89. The van der Waals surface area contributed by atoms with Gasteiger partial charge < -0.3 is 15.1 Å². The number of pyridine rings is 1. The molecule has 0 amide bonds. The summed E-state index contributed by atoms with van der Waals surface area (Å²) in [7, 11) is 0. The molecule has 6 heteroatoms. The van der Waals surface area contributed by atoms with Crippen LogP contribution in [-0.4, -0.2) is 15.0 Å². The first kappa shape index (κ1) is 11.2. The van der Waals surface area contributed by atoms with Gasteiger partial charge in [0.25, 0.3) is 5.56 Å². The Kier molecular flexibility index (Phi) is 2.60. The van der Waals surface area contributed by atoms with E-state index in [2.05, 4.69) is 15.0 Å². The second kappa shape index (κ2) is 4.41. The molecule has 0 aliphatic rings. The number of H-pyrrole nitrogens is 1. The number of anilines is 1. The fourth-order valence-electron chi connectivity index (χ4n) is 1.78. The third kappa shape index (κ3) is 1.99. The van der Waals surface area contributed by atoms with Gasteiger partial charge in [-0.1, -0.05) is 0 Å². The minimum atomic E-state index is -0.429. The van der Waals surface area contributed by atoms with Crippen molar-refractivity contribution in [3.63, 3.8) is 0 Å². The summed E-state index contributed by atoms with van der Waals surface area (Å²) >= 11 is 0. The Labute approximate surface area is 108 Å². The van der Waals surface area contributed by atoms with E-state index in [0.29, 0.717) is 17.1 Å². The number of furan rings is 1. The van der Waals surface area contributed by atoms with E-state index in [0.717, 1.165) is 5.56 Å². The van der Waals surface area contributed by atoms with Gasteiger partial charge in [-0.2, -0.15) is 0 Å². The van der Waals surface area contributed by atoms with Crippen LogP contribution in [0.15, 0.2) is 52.1 Å². The van der Waals surface area contributed by atoms with Gasteiger partial charge in [0, 0.05) is 18.0 Å². The van der Waals surface area contributed by atoms with E-state index in [9.17, 15) is 4.79 Å². The molecule has 3 heterocycles. The Morgan fingerprint density at radius 1 is 1.21 bits per heavy atom. The van der Waals surface area contributed by atoms with Crippen molar-refractivity contribution >= 4 is 5.82 Å². The van der Waals surface area contributed by atoms with Crippen LogP contribution in [0, 0.1) is 0 Å². The molecular formula is C13H10N4O2. The first-order valence-corrected chi connectivity index (χ1v) is 5.60. The molecule has 0 aromatic carbocycles. The van der Waals surface area contributed by atoms with Crippen LogP contribution in [0.5, 0.6) is 0 Å². The third-order valence-electron chi connectivity index (χ3n) is 2.66. The summed E-state index contributed by atoms with van der Waals surface area (Å²) < 4.78 is 5.32. The molecular weight excluding hydrogens is 244 g/mol. The number of aromatic nitrogens is 3. The fourth-order valence-corrected chi connectivity index (χ4v) is 1.78. The topological polar surface area (TPSA) is 97.8 Å². The number of hydrogen-bond acceptors (Lipinski definition) is 5. The number of aromatic amines is 1. The fraction of sp³-hybridized carbons (Fsp3) is 0. The van der Waals surface area contributed by atoms with Gasteiger partial charge in [-0.3, -0.25) is 9.78 Å². The monoisotopic (exact) mass is 254 g/mol. The molecule has 0 aliphatic carbocycles. The van der Waals surface area contributed by atoms with Gasteiger partial charge in [0.15, 0.2) is 11.6 Å². The van der Waals surface area contributed by atoms with Crippen molar-refractivity contribution < 1.29 is 4.42 Å². The average molecular weight is 254 g/mol. The van der Waals surface area contributed by atoms with Gasteiger partial charge in [-0.05, 0) is 24.3 Å². The Morgan fingerprint density at radius 2 is 2.00 bits per heavy atom. The van der Waals surface area contributed by atoms with Crippen molar-refractivity contribution in [3.8, 4) is 22.7 Å². The largest absolute Gasteiger partial charge is 0.463 e. The molecule has 0 aliphatic heterocycles. The maximum Gasteiger partial charge on any atom is 0.290 e. The van der Waals surface area contributed by atoms with E-state index in [1.165, 1.54) is 6.26 Å². The van der Waals surface area contributed by atoms with E-state index < -0.39 is 5.56 Å². The highest BCUT2D eigenvalue weighted by atomic mass is 16.3. The SMILES string of the molecule is Nc1nc(-c2ccco2)c(-c2ccncc2)[nH]c1=O. The number of nitrogens with one attached hydrogen (secondary N) is 1. The lowest BCUT2D eigenvalue weighted by Gasteiger charge is -2.07. The van der Waals surface area contributed by atoms with Crippen LogP contribution in [0.25, 0.3) is 22.7 Å². The van der Waals surface area contributed by atoms with Crippen molar-refractivity contribution in [1.82, 2.24) is 15.0 Å². The molecule has 0 saturated carbocycles. The summed E-state index contributed by atoms with van der Waals surface area (Å²) in [6.07, 6.45) is 4.81. The highest BCUT2D eigenvalue weighted by Gasteiger charge is 2.14. The maximum absolute atomic E-state index is 11.6. The molecule has 0 fully saturated rings. The molecule has 0 bridgehead atoms. The van der Waals surface area contributed by atoms with Crippen LogP contribution in [0.2, 0.25) is 0 Å². The summed E-state index contributed by atoms with van der Waals surface area (Å²) in [5, 5.41) is 0. The molecule has 3 N–H and O–H groups in total. The standard InChI is InChI=1S/C13H10N4O2/c14-12-13(18)17-10(8-3-5-15-6-4-8)11(16-12)9-2-1-7-19-9/h1-7H,(H2,14,16)(H,17,18). The van der Waals surface area contributed by atoms with Crippen molar-refractivity contribution in [3.05, 3.63) is 53.3 Å². The number of nitrogens with two attached hydrogens (primary N) is 1. The minimum absolute atomic E-state index is 0.0933. The Balaban J connectivity index is 2.29. The van der Waals surface area contributed by atoms with Gasteiger partial charge in [0.2, 0.25) is 0 Å². The van der Waals surface area contributed by atoms with E-state index in [1.807, 2.05) is 0 Å². The van der Waals surface area contributed by atoms with Gasteiger partial charge in [-0.15, -0.1) is 0 Å². The number of hydrogen-bond donors (Lipinski definition) is 2. The quantitative estimate of drug-likeness (QED) is 0.725. The normalized spacial score (nSPS) is 10.5. The lowest BCUT2D eigenvalue weighted by molar-refractivity contribution is 0.580. The second-order valence-corrected chi connectivity index (χ2v) is 3.89. The zero-order chi connectivity index (χ0) is 13.2. The van der Waals surface area contributed by atoms with Crippen molar-refractivity contribution in [2.24, 2.45) is 0 Å². The molecule has 0 radical (unpaired) electrons. The Bertz CT molecular complexity index is 748. The molecule has 0 atom stereocenters. The van der Waals surface area contributed by atoms with E-state index >= 15 is 0 Å². The maximum atomic E-state index is 11.6. The summed E-state index contributed by atoms with van der Waals surface area (Å²) in [4.78, 5) is 22.4. The van der Waals surface area contributed by atoms with Crippen LogP contribution in [0.1, 0.15) is 0 Å². The van der Waals surface area contributed by atoms with Gasteiger partial charge in [0.1, 0.15) is 5.69 Å². The molecule has 3 aromatic rings. The molecule has 0 unspecified atom stereocenters. The predicted molar refractivity (Wildman–Crippen MR) is 70.2 cm³/mol. The molecule has 0 saturated heterocycles. The first-order valence-electron chi connectivity index (χ1n) is 5.60. The Hall–Kier alpha value is -2.89. The number of rotatable bonds is 2. The molecule has 19 heavy (non-hydrogen) atoms. The molecule has 3 aromatic heterocycles. The highest BCUT2D eigenvalue weighted by Crippen LogP contribution is 2.27. The van der Waals surface area contributed by atoms with Crippen LogP contribution in [-0.2, 0) is 0 Å². The third-order valence-corrected chi connectivity index (χ3v) is 2.66. The zero-order valence-electron chi connectivity index (χ0n) is 9.83. The van der Waals surface area contributed by atoms with Crippen LogP contribution in [0.4, 0.5) is 5.82 Å². The molecule has 0 spiro atoms.